The molecule has 0 unspecified atom stereocenters. The van der Waals surface area contributed by atoms with Gasteiger partial charge in [0.2, 0.25) is 5.95 Å². The zero-order chi connectivity index (χ0) is 19.9. The molecular formula is C22H30N6O. The van der Waals surface area contributed by atoms with Crippen LogP contribution in [-0.2, 0) is 6.54 Å². The summed E-state index contributed by atoms with van der Waals surface area (Å²) in [6, 6.07) is 10.1. The van der Waals surface area contributed by atoms with Crippen LogP contribution < -0.4 is 15.0 Å². The number of hydrogen-bond acceptors (Lipinski definition) is 5. The highest BCUT2D eigenvalue weighted by molar-refractivity contribution is 5.80. The third-order valence-electron chi connectivity index (χ3n) is 5.47. The maximum absolute atomic E-state index is 6.16. The first-order valence-corrected chi connectivity index (χ1v) is 10.6. The predicted molar refractivity (Wildman–Crippen MR) is 115 cm³/mol. The van der Waals surface area contributed by atoms with Gasteiger partial charge >= 0.3 is 0 Å². The molecule has 1 aromatic heterocycles. The summed E-state index contributed by atoms with van der Waals surface area (Å²) < 4.78 is 6.16. The van der Waals surface area contributed by atoms with Gasteiger partial charge in [-0.1, -0.05) is 18.2 Å². The van der Waals surface area contributed by atoms with Gasteiger partial charge in [-0.2, -0.15) is 0 Å². The van der Waals surface area contributed by atoms with Gasteiger partial charge in [-0.05, 0) is 38.3 Å². The number of aliphatic imine (C=N–C) groups is 1. The summed E-state index contributed by atoms with van der Waals surface area (Å²) in [7, 11) is 0. The van der Waals surface area contributed by atoms with Crippen molar-refractivity contribution in [3.63, 3.8) is 0 Å². The fourth-order valence-electron chi connectivity index (χ4n) is 3.58. The molecule has 29 heavy (non-hydrogen) atoms. The quantitative estimate of drug-likeness (QED) is 0.600. The normalized spacial score (nSPS) is 17.8. The number of hydrogen-bond donors (Lipinski definition) is 1. The zero-order valence-electron chi connectivity index (χ0n) is 17.1. The molecule has 1 aliphatic carbocycles. The van der Waals surface area contributed by atoms with E-state index < -0.39 is 0 Å². The summed E-state index contributed by atoms with van der Waals surface area (Å²) in [6.45, 7) is 7.13. The Bertz CT molecular complexity index is 800. The van der Waals surface area contributed by atoms with Crippen molar-refractivity contribution in [3.05, 3.63) is 48.3 Å². The first kappa shape index (κ1) is 19.5. The van der Waals surface area contributed by atoms with Gasteiger partial charge in [0.1, 0.15) is 5.75 Å². The number of benzene rings is 1. The predicted octanol–water partition coefficient (Wildman–Crippen LogP) is 2.70. The van der Waals surface area contributed by atoms with E-state index in [1.165, 1.54) is 6.42 Å². The summed E-state index contributed by atoms with van der Waals surface area (Å²) >= 11 is 0. The second-order valence-corrected chi connectivity index (χ2v) is 7.47. The fraction of sp³-hybridized carbons (Fsp3) is 0.500. The Morgan fingerprint density at radius 2 is 1.86 bits per heavy atom. The first-order valence-electron chi connectivity index (χ1n) is 10.6. The number of rotatable bonds is 6. The Morgan fingerprint density at radius 1 is 1.10 bits per heavy atom. The van der Waals surface area contributed by atoms with E-state index in [1.807, 2.05) is 12.1 Å². The minimum Gasteiger partial charge on any atom is -0.490 e. The monoisotopic (exact) mass is 394 g/mol. The zero-order valence-corrected chi connectivity index (χ0v) is 17.1. The van der Waals surface area contributed by atoms with Crippen LogP contribution in [0.5, 0.6) is 5.75 Å². The van der Waals surface area contributed by atoms with E-state index in [0.29, 0.717) is 12.6 Å². The first-order chi connectivity index (χ1) is 14.3. The van der Waals surface area contributed by atoms with Crippen LogP contribution in [0.3, 0.4) is 0 Å². The van der Waals surface area contributed by atoms with Crippen molar-refractivity contribution >= 4 is 11.9 Å². The second kappa shape index (κ2) is 9.58. The minimum atomic E-state index is 0.377. The summed E-state index contributed by atoms with van der Waals surface area (Å²) in [5.41, 5.74) is 1.14. The third-order valence-corrected chi connectivity index (χ3v) is 5.47. The van der Waals surface area contributed by atoms with Crippen LogP contribution in [0.2, 0.25) is 0 Å². The molecule has 154 valence electrons. The fourth-order valence-corrected chi connectivity index (χ4v) is 3.58. The Hall–Kier alpha value is -2.83. The van der Waals surface area contributed by atoms with Crippen LogP contribution in [0.4, 0.5) is 5.95 Å². The number of anilines is 1. The average Bonchev–Trinajstić information content (AvgIpc) is 2.75. The number of ether oxygens (including phenoxy) is 1. The molecule has 1 N–H and O–H groups in total. The Labute approximate surface area is 172 Å². The molecule has 0 atom stereocenters. The maximum Gasteiger partial charge on any atom is 0.225 e. The molecule has 1 saturated carbocycles. The highest BCUT2D eigenvalue weighted by Gasteiger charge is 2.22. The van der Waals surface area contributed by atoms with Crippen molar-refractivity contribution in [1.82, 2.24) is 20.2 Å². The largest absolute Gasteiger partial charge is 0.490 e. The van der Waals surface area contributed by atoms with Crippen LogP contribution in [0.1, 0.15) is 31.7 Å². The molecule has 7 nitrogen and oxygen atoms in total. The lowest BCUT2D eigenvalue weighted by Crippen LogP contribution is -2.53. The van der Waals surface area contributed by atoms with Crippen molar-refractivity contribution in [3.8, 4) is 5.75 Å². The molecule has 0 spiro atoms. The SMILES string of the molecule is CCNC(=NCc1ccccc1OC1CCC1)N1CCN(c2ncccn2)CC1. The van der Waals surface area contributed by atoms with E-state index in [9.17, 15) is 0 Å². The molecule has 0 amide bonds. The van der Waals surface area contributed by atoms with Crippen molar-refractivity contribution in [2.24, 2.45) is 4.99 Å². The van der Waals surface area contributed by atoms with Crippen LogP contribution in [-0.4, -0.2) is 59.7 Å². The summed E-state index contributed by atoms with van der Waals surface area (Å²) in [5.74, 6) is 2.73. The topological polar surface area (TPSA) is 65.9 Å². The molecule has 1 aromatic carbocycles. The van der Waals surface area contributed by atoms with E-state index in [-0.39, 0.29) is 0 Å². The van der Waals surface area contributed by atoms with Crippen molar-refractivity contribution in [1.29, 1.82) is 0 Å². The number of guanidine groups is 1. The van der Waals surface area contributed by atoms with Crippen LogP contribution in [0.25, 0.3) is 0 Å². The molecule has 2 heterocycles. The van der Waals surface area contributed by atoms with Gasteiger partial charge in [-0.15, -0.1) is 0 Å². The summed E-state index contributed by atoms with van der Waals surface area (Å²) in [6.07, 6.45) is 7.56. The van der Waals surface area contributed by atoms with Crippen molar-refractivity contribution in [2.45, 2.75) is 38.8 Å². The van der Waals surface area contributed by atoms with E-state index in [4.69, 9.17) is 9.73 Å². The number of piperazine rings is 1. The molecule has 4 rings (SSSR count). The van der Waals surface area contributed by atoms with Crippen molar-refractivity contribution in [2.75, 3.05) is 37.6 Å². The Morgan fingerprint density at radius 3 is 2.55 bits per heavy atom. The third kappa shape index (κ3) is 4.96. The molecule has 1 aliphatic heterocycles. The lowest BCUT2D eigenvalue weighted by Gasteiger charge is -2.36. The van der Waals surface area contributed by atoms with Crippen LogP contribution >= 0.6 is 0 Å². The van der Waals surface area contributed by atoms with Gasteiger partial charge in [0.05, 0.1) is 12.6 Å². The van der Waals surface area contributed by atoms with Crippen molar-refractivity contribution < 1.29 is 4.74 Å². The van der Waals surface area contributed by atoms with E-state index in [1.54, 1.807) is 12.4 Å². The molecule has 2 aromatic rings. The van der Waals surface area contributed by atoms with Gasteiger partial charge < -0.3 is 19.9 Å². The molecular weight excluding hydrogens is 364 g/mol. The van der Waals surface area contributed by atoms with Crippen LogP contribution in [0, 0.1) is 0 Å². The van der Waals surface area contributed by atoms with Gasteiger partial charge in [0.15, 0.2) is 5.96 Å². The molecule has 2 aliphatic rings. The molecule has 2 fully saturated rings. The highest BCUT2D eigenvalue weighted by atomic mass is 16.5. The summed E-state index contributed by atoms with van der Waals surface area (Å²) in [4.78, 5) is 18.2. The van der Waals surface area contributed by atoms with E-state index >= 15 is 0 Å². The Balaban J connectivity index is 1.40. The maximum atomic E-state index is 6.16. The number of nitrogens with one attached hydrogen (secondary N) is 1. The Kier molecular flexibility index (Phi) is 6.44. The van der Waals surface area contributed by atoms with E-state index in [2.05, 4.69) is 50.2 Å². The van der Waals surface area contributed by atoms with E-state index in [0.717, 1.165) is 68.8 Å². The minimum absolute atomic E-state index is 0.377. The molecule has 0 radical (unpaired) electrons. The molecule has 7 heteroatoms. The molecule has 1 saturated heterocycles. The molecule has 0 bridgehead atoms. The lowest BCUT2D eigenvalue weighted by atomic mass is 9.96. The highest BCUT2D eigenvalue weighted by Crippen LogP contribution is 2.28. The standard InChI is InChI=1S/C22H30N6O/c1-2-23-21(27-13-15-28(16-14-27)22-24-11-6-12-25-22)26-17-18-7-3-4-10-20(18)29-19-8-5-9-19/h3-4,6-7,10-12,19H,2,5,8-9,13-17H2,1H3,(H,23,26). The number of para-hydroxylation sites is 1. The van der Waals surface area contributed by atoms with Gasteiger partial charge in [0.25, 0.3) is 0 Å². The number of nitrogens with zero attached hydrogens (tertiary/aromatic N) is 5. The van der Waals surface area contributed by atoms with Gasteiger partial charge in [-0.3, -0.25) is 0 Å². The number of aromatic nitrogens is 2. The average molecular weight is 395 g/mol. The van der Waals surface area contributed by atoms with Gasteiger partial charge in [-0.25, -0.2) is 15.0 Å². The summed E-state index contributed by atoms with van der Waals surface area (Å²) in [5, 5.41) is 3.45. The smallest absolute Gasteiger partial charge is 0.225 e. The van der Waals surface area contributed by atoms with Gasteiger partial charge in [0, 0.05) is 50.7 Å². The lowest BCUT2D eigenvalue weighted by molar-refractivity contribution is 0.119. The van der Waals surface area contributed by atoms with Crippen LogP contribution in [0.15, 0.2) is 47.7 Å². The second-order valence-electron chi connectivity index (χ2n) is 7.47.